The fourth-order valence-electron chi connectivity index (χ4n) is 4.82. The Kier molecular flexibility index (Phi) is 5.46. The van der Waals surface area contributed by atoms with E-state index >= 15 is 4.39 Å². The van der Waals surface area contributed by atoms with Crippen LogP contribution in [0.3, 0.4) is 0 Å². The molecule has 3 aromatic rings. The molecular formula is C24H27FN6O. The van der Waals surface area contributed by atoms with Crippen LogP contribution in [0.5, 0.6) is 5.75 Å². The fourth-order valence-corrected chi connectivity index (χ4v) is 4.82. The van der Waals surface area contributed by atoms with Crippen LogP contribution in [0.4, 0.5) is 10.2 Å². The van der Waals surface area contributed by atoms with Gasteiger partial charge in [0.25, 0.3) is 0 Å². The molecule has 2 N–H and O–H groups in total. The lowest BCUT2D eigenvalue weighted by atomic mass is 9.82. The lowest BCUT2D eigenvalue weighted by Crippen LogP contribution is -2.61. The highest BCUT2D eigenvalue weighted by atomic mass is 19.1. The quantitative estimate of drug-likeness (QED) is 0.648. The van der Waals surface area contributed by atoms with E-state index in [1.807, 2.05) is 37.1 Å². The summed E-state index contributed by atoms with van der Waals surface area (Å²) >= 11 is 0. The molecule has 2 saturated heterocycles. The Morgan fingerprint density at radius 2 is 1.94 bits per heavy atom. The zero-order chi connectivity index (χ0) is 22.2. The van der Waals surface area contributed by atoms with Crippen LogP contribution in [-0.2, 0) is 0 Å². The molecule has 0 radical (unpaired) electrons. The summed E-state index contributed by atoms with van der Waals surface area (Å²) in [6.07, 6.45) is 6.19. The van der Waals surface area contributed by atoms with Crippen molar-refractivity contribution in [2.24, 2.45) is 0 Å². The van der Waals surface area contributed by atoms with Gasteiger partial charge in [-0.1, -0.05) is 12.5 Å². The molecule has 32 heavy (non-hydrogen) atoms. The standard InChI is InChI=1S/C24H27FN6O/c1-14-6-9-18(30-29-14)15-7-8-17(22(32)10-15)20-12-27-23(13-26-20)31(2)21-11-16-4-3-5-19(28-16)24(21)25/h6-10,12-13,16,19,21,24,28,32H,3-5,11H2,1-2H3/t16?,19?,21-,24+/m1/s1. The molecule has 0 saturated carbocycles. The van der Waals surface area contributed by atoms with Crippen molar-refractivity contribution in [2.75, 3.05) is 11.9 Å². The van der Waals surface area contributed by atoms with Crippen molar-refractivity contribution < 1.29 is 9.50 Å². The third kappa shape index (κ3) is 3.90. The van der Waals surface area contributed by atoms with Gasteiger partial charge in [-0.25, -0.2) is 9.37 Å². The second kappa shape index (κ2) is 8.43. The number of fused-ring (bicyclic) bond motifs is 2. The number of alkyl halides is 1. The molecule has 7 nitrogen and oxygen atoms in total. The second-order valence-corrected chi connectivity index (χ2v) is 8.81. The van der Waals surface area contributed by atoms with Gasteiger partial charge < -0.3 is 15.3 Å². The number of hydrogen-bond donors (Lipinski definition) is 2. The van der Waals surface area contributed by atoms with E-state index in [0.29, 0.717) is 28.8 Å². The number of anilines is 1. The van der Waals surface area contributed by atoms with Crippen LogP contribution in [0.2, 0.25) is 0 Å². The molecule has 8 heteroatoms. The van der Waals surface area contributed by atoms with Gasteiger partial charge in [0, 0.05) is 30.3 Å². The molecule has 1 aromatic carbocycles. The lowest BCUT2D eigenvalue weighted by molar-refractivity contribution is 0.107. The summed E-state index contributed by atoms with van der Waals surface area (Å²) in [5.41, 5.74) is 3.43. The number of aromatic nitrogens is 4. The van der Waals surface area contributed by atoms with Crippen molar-refractivity contribution in [3.8, 4) is 28.3 Å². The molecule has 4 atom stereocenters. The SMILES string of the molecule is Cc1ccc(-c2ccc(-c3cnc(N(C)[C@@H]4CC5CCCC(N5)[C@@H]4F)cn3)c(O)c2)nn1. The highest BCUT2D eigenvalue weighted by Gasteiger charge is 2.41. The number of halogens is 1. The number of piperidine rings is 2. The molecule has 2 aliphatic heterocycles. The Labute approximate surface area is 186 Å². The Morgan fingerprint density at radius 1 is 1.06 bits per heavy atom. The van der Waals surface area contributed by atoms with E-state index in [0.717, 1.165) is 36.9 Å². The zero-order valence-electron chi connectivity index (χ0n) is 18.2. The number of phenols is 1. The van der Waals surface area contributed by atoms with E-state index in [2.05, 4.69) is 25.5 Å². The van der Waals surface area contributed by atoms with Crippen LogP contribution in [0.1, 0.15) is 31.4 Å². The summed E-state index contributed by atoms with van der Waals surface area (Å²) in [6, 6.07) is 9.15. The number of hydrogen-bond acceptors (Lipinski definition) is 7. The maximum absolute atomic E-state index is 15.1. The second-order valence-electron chi connectivity index (χ2n) is 8.81. The van der Waals surface area contributed by atoms with Gasteiger partial charge in [0.15, 0.2) is 0 Å². The van der Waals surface area contributed by atoms with Crippen LogP contribution in [0, 0.1) is 6.92 Å². The number of nitrogens with zero attached hydrogens (tertiary/aromatic N) is 5. The maximum atomic E-state index is 15.1. The third-order valence-electron chi connectivity index (χ3n) is 6.66. The van der Waals surface area contributed by atoms with Crippen molar-refractivity contribution in [1.29, 1.82) is 0 Å². The van der Waals surface area contributed by atoms with Gasteiger partial charge >= 0.3 is 0 Å². The van der Waals surface area contributed by atoms with E-state index in [9.17, 15) is 5.11 Å². The summed E-state index contributed by atoms with van der Waals surface area (Å²) in [5.74, 6) is 0.725. The molecule has 2 fully saturated rings. The van der Waals surface area contributed by atoms with Crippen LogP contribution in [0.25, 0.3) is 22.5 Å². The summed E-state index contributed by atoms with van der Waals surface area (Å²) in [4.78, 5) is 10.9. The van der Waals surface area contributed by atoms with E-state index < -0.39 is 6.17 Å². The van der Waals surface area contributed by atoms with Gasteiger partial charge in [-0.3, -0.25) is 4.98 Å². The van der Waals surface area contributed by atoms with Crippen LogP contribution in [0.15, 0.2) is 42.7 Å². The molecule has 2 bridgehead atoms. The Morgan fingerprint density at radius 3 is 2.66 bits per heavy atom. The maximum Gasteiger partial charge on any atom is 0.147 e. The lowest BCUT2D eigenvalue weighted by Gasteiger charge is -2.46. The number of benzene rings is 1. The predicted octanol–water partition coefficient (Wildman–Crippen LogP) is 3.67. The molecule has 0 aliphatic carbocycles. The van der Waals surface area contributed by atoms with Gasteiger partial charge in [-0.2, -0.15) is 10.2 Å². The molecule has 2 unspecified atom stereocenters. The molecule has 4 heterocycles. The van der Waals surface area contributed by atoms with Crippen molar-refractivity contribution >= 4 is 5.82 Å². The van der Waals surface area contributed by atoms with E-state index in [4.69, 9.17) is 0 Å². The minimum Gasteiger partial charge on any atom is -0.507 e. The third-order valence-corrected chi connectivity index (χ3v) is 6.66. The Hall–Kier alpha value is -3.13. The van der Waals surface area contributed by atoms with Crippen molar-refractivity contribution in [3.05, 3.63) is 48.4 Å². The average molecular weight is 435 g/mol. The van der Waals surface area contributed by atoms with Crippen LogP contribution >= 0.6 is 0 Å². The Balaban J connectivity index is 1.35. The first-order valence-corrected chi connectivity index (χ1v) is 11.1. The largest absolute Gasteiger partial charge is 0.507 e. The van der Waals surface area contributed by atoms with Gasteiger partial charge in [0.2, 0.25) is 0 Å². The summed E-state index contributed by atoms with van der Waals surface area (Å²) in [6.45, 7) is 1.88. The molecule has 2 aromatic heterocycles. The number of phenolic OH excluding ortho intramolecular Hbond substituents is 1. The number of rotatable bonds is 4. The number of aromatic hydroxyl groups is 1. The number of nitrogens with one attached hydrogen (secondary N) is 1. The van der Waals surface area contributed by atoms with Gasteiger partial charge in [-0.15, -0.1) is 0 Å². The van der Waals surface area contributed by atoms with Gasteiger partial charge in [0.05, 0.1) is 35.5 Å². The monoisotopic (exact) mass is 434 g/mol. The topological polar surface area (TPSA) is 87.1 Å². The van der Waals surface area contributed by atoms with Crippen LogP contribution < -0.4 is 10.2 Å². The minimum atomic E-state index is -0.931. The van der Waals surface area contributed by atoms with Crippen molar-refractivity contribution in [3.63, 3.8) is 0 Å². The van der Waals surface area contributed by atoms with E-state index in [1.54, 1.807) is 24.5 Å². The fraction of sp³-hybridized carbons (Fsp3) is 0.417. The molecule has 0 amide bonds. The summed E-state index contributed by atoms with van der Waals surface area (Å²) < 4.78 is 15.1. The highest BCUT2D eigenvalue weighted by molar-refractivity contribution is 5.72. The molecule has 5 rings (SSSR count). The highest BCUT2D eigenvalue weighted by Crippen LogP contribution is 2.34. The number of aryl methyl sites for hydroxylation is 1. The predicted molar refractivity (Wildman–Crippen MR) is 121 cm³/mol. The normalized spacial score (nSPS) is 24.8. The molecule has 2 aliphatic rings. The zero-order valence-corrected chi connectivity index (χ0v) is 18.2. The van der Waals surface area contributed by atoms with Crippen molar-refractivity contribution in [2.45, 2.75) is 56.9 Å². The summed E-state index contributed by atoms with van der Waals surface area (Å²) in [7, 11) is 1.89. The first-order chi connectivity index (χ1) is 15.5. The van der Waals surface area contributed by atoms with Gasteiger partial charge in [0.1, 0.15) is 17.7 Å². The first kappa shape index (κ1) is 20.8. The molecular weight excluding hydrogens is 407 g/mol. The van der Waals surface area contributed by atoms with Crippen molar-refractivity contribution in [1.82, 2.24) is 25.5 Å². The van der Waals surface area contributed by atoms with Crippen LogP contribution in [-0.4, -0.2) is 56.6 Å². The van der Waals surface area contributed by atoms with E-state index in [1.165, 1.54) is 0 Å². The van der Waals surface area contributed by atoms with E-state index in [-0.39, 0.29) is 17.8 Å². The van der Waals surface area contributed by atoms with Gasteiger partial charge in [-0.05, 0) is 50.5 Å². The first-order valence-electron chi connectivity index (χ1n) is 11.1. The smallest absolute Gasteiger partial charge is 0.147 e. The Bertz CT molecular complexity index is 1090. The molecule has 166 valence electrons. The molecule has 0 spiro atoms. The average Bonchev–Trinajstić information content (AvgIpc) is 2.82. The minimum absolute atomic E-state index is 0.0733. The summed E-state index contributed by atoms with van der Waals surface area (Å²) in [5, 5.41) is 22.2.